The van der Waals surface area contributed by atoms with Gasteiger partial charge in [-0.05, 0) is 12.1 Å². The van der Waals surface area contributed by atoms with Crippen LogP contribution < -0.4 is 17.7 Å². The van der Waals surface area contributed by atoms with Crippen LogP contribution in [0.3, 0.4) is 0 Å². The van der Waals surface area contributed by atoms with E-state index in [-0.39, 0.29) is 38.5 Å². The van der Waals surface area contributed by atoms with Gasteiger partial charge in [0.25, 0.3) is 0 Å². The molecule has 0 heterocycles. The third kappa shape index (κ3) is 9.98. The SMILES string of the molecule is OCCNc1ccccc1.[CH2-]C.[Cl-].[Zn+2]. The number of para-hydroxylation sites is 1. The van der Waals surface area contributed by atoms with E-state index in [2.05, 4.69) is 12.2 Å². The van der Waals surface area contributed by atoms with Gasteiger partial charge in [0.2, 0.25) is 0 Å². The van der Waals surface area contributed by atoms with Crippen LogP contribution in [-0.2, 0) is 19.5 Å². The Labute approximate surface area is 105 Å². The van der Waals surface area contributed by atoms with Crippen LogP contribution in [0.2, 0.25) is 0 Å². The van der Waals surface area contributed by atoms with Gasteiger partial charge in [-0.2, -0.15) is 6.92 Å². The van der Waals surface area contributed by atoms with E-state index in [0.29, 0.717) is 6.54 Å². The molecule has 0 radical (unpaired) electrons. The second kappa shape index (κ2) is 15.4. The van der Waals surface area contributed by atoms with Crippen molar-refractivity contribution in [2.75, 3.05) is 18.5 Å². The van der Waals surface area contributed by atoms with Crippen LogP contribution in [-0.4, -0.2) is 18.3 Å². The van der Waals surface area contributed by atoms with E-state index < -0.39 is 0 Å². The van der Waals surface area contributed by atoms with E-state index in [9.17, 15) is 0 Å². The van der Waals surface area contributed by atoms with Gasteiger partial charge in [0, 0.05) is 12.2 Å². The van der Waals surface area contributed by atoms with Gasteiger partial charge in [-0.25, -0.2) is 0 Å². The van der Waals surface area contributed by atoms with Crippen LogP contribution in [0.15, 0.2) is 30.3 Å². The molecule has 0 unspecified atom stereocenters. The van der Waals surface area contributed by atoms with Crippen LogP contribution in [0.4, 0.5) is 5.69 Å². The third-order valence-corrected chi connectivity index (χ3v) is 1.21. The number of anilines is 1. The number of hydrogen-bond donors (Lipinski definition) is 2. The molecule has 2 nitrogen and oxygen atoms in total. The Hall–Kier alpha value is -0.107. The first-order chi connectivity index (χ1) is 5.93. The molecular weight excluding hydrogens is 251 g/mol. The maximum Gasteiger partial charge on any atom is 2.00 e. The minimum atomic E-state index is 0. The standard InChI is InChI=1S/C8H11NO.C2H5.ClH.Zn/c10-7-6-9-8-4-2-1-3-5-8;1-2;;/h1-5,9-10H,6-7H2;1H2,2H3;1H;/q;-1;;+2/p-1. The van der Waals surface area contributed by atoms with Crippen LogP contribution >= 0.6 is 0 Å². The zero-order valence-corrected chi connectivity index (χ0v) is 12.3. The maximum atomic E-state index is 8.47. The topological polar surface area (TPSA) is 32.3 Å². The quantitative estimate of drug-likeness (QED) is 0.540. The molecule has 0 aliphatic rings. The summed E-state index contributed by atoms with van der Waals surface area (Å²) in [5.74, 6) is 0. The van der Waals surface area contributed by atoms with Gasteiger partial charge in [-0.15, -0.1) is 0 Å². The maximum absolute atomic E-state index is 8.47. The summed E-state index contributed by atoms with van der Waals surface area (Å²) in [4.78, 5) is 0. The second-order valence-electron chi connectivity index (χ2n) is 2.02. The van der Waals surface area contributed by atoms with Crippen molar-refractivity contribution >= 4 is 5.69 Å². The summed E-state index contributed by atoms with van der Waals surface area (Å²) in [5, 5.41) is 11.5. The molecule has 0 amide bonds. The fourth-order valence-electron chi connectivity index (χ4n) is 0.756. The van der Waals surface area contributed by atoms with Crippen molar-refractivity contribution in [1.29, 1.82) is 0 Å². The summed E-state index contributed by atoms with van der Waals surface area (Å²) in [6, 6.07) is 9.81. The smallest absolute Gasteiger partial charge is 1.00 e. The molecule has 1 rings (SSSR count). The summed E-state index contributed by atoms with van der Waals surface area (Å²) in [7, 11) is 0. The molecule has 76 valence electrons. The summed E-state index contributed by atoms with van der Waals surface area (Å²) >= 11 is 0. The Bertz CT molecular complexity index is 185. The van der Waals surface area contributed by atoms with Crippen LogP contribution in [0.5, 0.6) is 0 Å². The van der Waals surface area contributed by atoms with Gasteiger partial charge in [-0.3, -0.25) is 0 Å². The fourth-order valence-corrected chi connectivity index (χ4v) is 0.756. The molecule has 1 aromatic rings. The van der Waals surface area contributed by atoms with Crippen LogP contribution in [0.25, 0.3) is 0 Å². The number of nitrogens with one attached hydrogen (secondary N) is 1. The molecule has 14 heavy (non-hydrogen) atoms. The monoisotopic (exact) mass is 265 g/mol. The summed E-state index contributed by atoms with van der Waals surface area (Å²) in [6.45, 7) is 5.79. The van der Waals surface area contributed by atoms with Crippen LogP contribution in [0, 0.1) is 6.92 Å². The van der Waals surface area contributed by atoms with E-state index >= 15 is 0 Å². The van der Waals surface area contributed by atoms with E-state index in [1.807, 2.05) is 30.3 Å². The number of rotatable bonds is 3. The molecule has 0 spiro atoms. The van der Waals surface area contributed by atoms with Gasteiger partial charge in [0.05, 0.1) is 6.61 Å². The molecule has 1 aromatic carbocycles. The summed E-state index contributed by atoms with van der Waals surface area (Å²) in [6.07, 6.45) is 0. The van der Waals surface area contributed by atoms with Crippen molar-refractivity contribution in [2.24, 2.45) is 0 Å². The van der Waals surface area contributed by atoms with E-state index in [4.69, 9.17) is 5.11 Å². The summed E-state index contributed by atoms with van der Waals surface area (Å²) in [5.41, 5.74) is 1.05. The minimum absolute atomic E-state index is 0. The van der Waals surface area contributed by atoms with Crippen molar-refractivity contribution < 1.29 is 37.0 Å². The first kappa shape index (κ1) is 19.5. The van der Waals surface area contributed by atoms with Gasteiger partial charge in [0.15, 0.2) is 0 Å². The average molecular weight is 267 g/mol. The molecule has 0 saturated heterocycles. The molecule has 0 atom stereocenters. The van der Waals surface area contributed by atoms with Gasteiger partial charge < -0.3 is 29.8 Å². The van der Waals surface area contributed by atoms with Crippen molar-refractivity contribution in [2.45, 2.75) is 6.92 Å². The molecule has 2 N–H and O–H groups in total. The Morgan fingerprint density at radius 2 is 1.71 bits per heavy atom. The molecule has 0 saturated carbocycles. The molecule has 0 aliphatic heterocycles. The second-order valence-corrected chi connectivity index (χ2v) is 2.02. The zero-order valence-electron chi connectivity index (χ0n) is 8.54. The zero-order chi connectivity index (χ0) is 9.23. The number of halogens is 1. The van der Waals surface area contributed by atoms with E-state index in [1.165, 1.54) is 0 Å². The normalized spacial score (nSPS) is 7.07. The Balaban J connectivity index is -0.000000284. The van der Waals surface area contributed by atoms with Crippen LogP contribution in [0.1, 0.15) is 6.92 Å². The van der Waals surface area contributed by atoms with Crippen molar-refractivity contribution in [3.05, 3.63) is 37.3 Å². The van der Waals surface area contributed by atoms with Gasteiger partial charge >= 0.3 is 19.5 Å². The molecular formula is C10H16ClNOZn. The average Bonchev–Trinajstić information content (AvgIpc) is 2.19. The molecule has 0 aromatic heterocycles. The fraction of sp³-hybridized carbons (Fsp3) is 0.300. The van der Waals surface area contributed by atoms with Gasteiger partial charge in [0.1, 0.15) is 0 Å². The largest absolute Gasteiger partial charge is 2.00 e. The first-order valence-corrected chi connectivity index (χ1v) is 4.04. The Morgan fingerprint density at radius 3 is 2.14 bits per heavy atom. The van der Waals surface area contributed by atoms with Gasteiger partial charge in [-0.1, -0.05) is 18.2 Å². The minimum Gasteiger partial charge on any atom is -1.00 e. The van der Waals surface area contributed by atoms with E-state index in [1.54, 1.807) is 6.92 Å². The molecule has 0 aliphatic carbocycles. The third-order valence-electron chi connectivity index (χ3n) is 1.21. The van der Waals surface area contributed by atoms with E-state index in [0.717, 1.165) is 5.69 Å². The van der Waals surface area contributed by atoms with Crippen molar-refractivity contribution in [1.82, 2.24) is 0 Å². The summed E-state index contributed by atoms with van der Waals surface area (Å²) < 4.78 is 0. The predicted octanol–water partition coefficient (Wildman–Crippen LogP) is -1.07. The van der Waals surface area contributed by atoms with Crippen molar-refractivity contribution in [3.8, 4) is 0 Å². The number of aliphatic hydroxyl groups excluding tert-OH is 1. The number of hydrogen-bond acceptors (Lipinski definition) is 2. The predicted molar refractivity (Wildman–Crippen MR) is 53.0 cm³/mol. The van der Waals surface area contributed by atoms with Crippen molar-refractivity contribution in [3.63, 3.8) is 0 Å². The molecule has 4 heteroatoms. The molecule has 0 bridgehead atoms. The Morgan fingerprint density at radius 1 is 1.21 bits per heavy atom. The number of aliphatic hydroxyl groups is 1. The number of benzene rings is 1. The first-order valence-electron chi connectivity index (χ1n) is 4.04. The molecule has 0 fully saturated rings. The Kier molecular flexibility index (Phi) is 21.4.